The van der Waals surface area contributed by atoms with Crippen molar-refractivity contribution < 1.29 is 9.47 Å². The number of ether oxygens (including phenoxy) is 2. The molecular weight excluding hydrogens is 230 g/mol. The Bertz CT molecular complexity index is 555. The first-order valence-corrected chi connectivity index (χ1v) is 5.32. The van der Waals surface area contributed by atoms with E-state index in [1.165, 1.54) is 0 Å². The van der Waals surface area contributed by atoms with Crippen LogP contribution in [0.4, 0.5) is 0 Å². The number of epoxide rings is 2. The van der Waals surface area contributed by atoms with E-state index < -0.39 is 17.1 Å². The van der Waals surface area contributed by atoms with E-state index in [-0.39, 0.29) is 25.3 Å². The van der Waals surface area contributed by atoms with Crippen molar-refractivity contribution in [3.63, 3.8) is 0 Å². The molecule has 0 bridgehead atoms. The number of nitrogens with one attached hydrogen (secondary N) is 1. The van der Waals surface area contributed by atoms with Crippen LogP contribution in [0.1, 0.15) is 0 Å². The normalized spacial score (nSPS) is 25.9. The van der Waals surface area contributed by atoms with E-state index in [4.69, 9.17) is 9.47 Å². The number of hydrogen-bond acceptors (Lipinski definition) is 5. The molecule has 3 rings (SSSR count). The molecule has 2 aliphatic heterocycles. The van der Waals surface area contributed by atoms with Crippen LogP contribution in [0.25, 0.3) is 0 Å². The summed E-state index contributed by atoms with van der Waals surface area (Å²) in [5.41, 5.74) is -1.99. The minimum absolute atomic E-state index is 0.100. The Morgan fingerprint density at radius 3 is 1.76 bits per heavy atom. The number of aromatic nitrogens is 3. The van der Waals surface area contributed by atoms with Crippen molar-refractivity contribution in [2.75, 3.05) is 13.2 Å². The van der Waals surface area contributed by atoms with Gasteiger partial charge < -0.3 is 9.47 Å². The van der Waals surface area contributed by atoms with Gasteiger partial charge in [-0.25, -0.2) is 23.5 Å². The topological polar surface area (TPSA) is 102 Å². The Morgan fingerprint density at radius 1 is 1.00 bits per heavy atom. The zero-order valence-corrected chi connectivity index (χ0v) is 8.92. The van der Waals surface area contributed by atoms with Crippen LogP contribution in [0.5, 0.6) is 0 Å². The van der Waals surface area contributed by atoms with Crippen LogP contribution in [0.2, 0.25) is 0 Å². The fourth-order valence-electron chi connectivity index (χ4n) is 1.62. The quantitative estimate of drug-likeness (QED) is 0.587. The van der Waals surface area contributed by atoms with Gasteiger partial charge in [0.05, 0.1) is 38.5 Å². The molecule has 1 aromatic heterocycles. The van der Waals surface area contributed by atoms with Crippen molar-refractivity contribution >= 4 is 0 Å². The first-order valence-electron chi connectivity index (χ1n) is 5.32. The molecule has 3 heterocycles. The van der Waals surface area contributed by atoms with Gasteiger partial charge >= 0.3 is 17.1 Å². The molecule has 17 heavy (non-hydrogen) atoms. The van der Waals surface area contributed by atoms with Crippen molar-refractivity contribution in [2.24, 2.45) is 0 Å². The van der Waals surface area contributed by atoms with Crippen molar-refractivity contribution in [1.82, 2.24) is 14.1 Å². The highest BCUT2D eigenvalue weighted by Gasteiger charge is 2.28. The van der Waals surface area contributed by atoms with Crippen LogP contribution in [-0.2, 0) is 22.6 Å². The molecule has 0 saturated carbocycles. The van der Waals surface area contributed by atoms with Gasteiger partial charge in [0, 0.05) is 0 Å². The summed E-state index contributed by atoms with van der Waals surface area (Å²) in [7, 11) is 0. The molecule has 0 aliphatic carbocycles. The first kappa shape index (κ1) is 10.5. The van der Waals surface area contributed by atoms with Gasteiger partial charge in [-0.05, 0) is 0 Å². The third-order valence-electron chi connectivity index (χ3n) is 2.74. The molecule has 2 aliphatic rings. The lowest BCUT2D eigenvalue weighted by molar-refractivity contribution is 0.352. The second kappa shape index (κ2) is 3.67. The van der Waals surface area contributed by atoms with E-state index >= 15 is 0 Å². The van der Waals surface area contributed by atoms with Crippen LogP contribution in [0.15, 0.2) is 14.4 Å². The molecule has 8 heteroatoms. The lowest BCUT2D eigenvalue weighted by Crippen LogP contribution is -2.50. The first-order chi connectivity index (χ1) is 8.15. The smallest absolute Gasteiger partial charge is 0.336 e. The highest BCUT2D eigenvalue weighted by Crippen LogP contribution is 2.10. The van der Waals surface area contributed by atoms with Gasteiger partial charge in [0.2, 0.25) is 0 Å². The van der Waals surface area contributed by atoms with E-state index in [0.29, 0.717) is 13.2 Å². The maximum Gasteiger partial charge on any atom is 0.336 e. The summed E-state index contributed by atoms with van der Waals surface area (Å²) in [6.07, 6.45) is -0.200. The largest absolute Gasteiger partial charge is 0.371 e. The number of H-pyrrole nitrogens is 1. The van der Waals surface area contributed by atoms with E-state index in [1.54, 1.807) is 0 Å². The maximum absolute atomic E-state index is 11.9. The van der Waals surface area contributed by atoms with Crippen molar-refractivity contribution in [3.05, 3.63) is 31.5 Å². The lowest BCUT2D eigenvalue weighted by atomic mass is 10.4. The molecule has 1 N–H and O–H groups in total. The summed E-state index contributed by atoms with van der Waals surface area (Å²) < 4.78 is 11.9. The summed E-state index contributed by atoms with van der Waals surface area (Å²) in [4.78, 5) is 37.0. The maximum atomic E-state index is 11.9. The molecular formula is C9H11N3O5. The average Bonchev–Trinajstić information content (AvgIpc) is 3.12. The predicted octanol–water partition coefficient (Wildman–Crippen LogP) is -2.50. The molecule has 2 atom stereocenters. The minimum atomic E-state index is -0.691. The van der Waals surface area contributed by atoms with Crippen LogP contribution >= 0.6 is 0 Å². The highest BCUT2D eigenvalue weighted by molar-refractivity contribution is 4.81. The van der Waals surface area contributed by atoms with Crippen LogP contribution in [-0.4, -0.2) is 39.5 Å². The van der Waals surface area contributed by atoms with Gasteiger partial charge in [-0.1, -0.05) is 0 Å². The predicted molar refractivity (Wildman–Crippen MR) is 55.1 cm³/mol. The summed E-state index contributed by atoms with van der Waals surface area (Å²) in [6, 6.07) is 0. The molecule has 0 radical (unpaired) electrons. The standard InChI is InChI=1S/C9H11N3O5/c13-7-10-8(14)12(2-6-4-17-6)9(15)11(7)1-5-3-16-5/h5-6H,1-4H2,(H,10,13,14)/t5-,6-/m1/s1. The second-order valence-electron chi connectivity index (χ2n) is 4.15. The van der Waals surface area contributed by atoms with E-state index in [9.17, 15) is 14.4 Å². The summed E-state index contributed by atoms with van der Waals surface area (Å²) >= 11 is 0. The Hall–Kier alpha value is -1.67. The van der Waals surface area contributed by atoms with E-state index in [1.807, 2.05) is 0 Å². The monoisotopic (exact) mass is 241 g/mol. The lowest BCUT2D eigenvalue weighted by Gasteiger charge is -2.06. The van der Waals surface area contributed by atoms with Gasteiger partial charge in [0.1, 0.15) is 0 Å². The number of rotatable bonds is 4. The second-order valence-corrected chi connectivity index (χ2v) is 4.15. The molecule has 8 nitrogen and oxygen atoms in total. The van der Waals surface area contributed by atoms with Gasteiger partial charge in [-0.15, -0.1) is 0 Å². The molecule has 0 unspecified atom stereocenters. The van der Waals surface area contributed by atoms with Gasteiger partial charge in [0.25, 0.3) is 0 Å². The molecule has 0 amide bonds. The number of aromatic amines is 1. The zero-order valence-electron chi connectivity index (χ0n) is 8.92. The van der Waals surface area contributed by atoms with Crippen LogP contribution in [0, 0.1) is 0 Å². The van der Waals surface area contributed by atoms with E-state index in [0.717, 1.165) is 9.13 Å². The molecule has 2 fully saturated rings. The van der Waals surface area contributed by atoms with Crippen molar-refractivity contribution in [3.8, 4) is 0 Å². The van der Waals surface area contributed by atoms with Gasteiger partial charge in [-0.3, -0.25) is 4.98 Å². The van der Waals surface area contributed by atoms with Crippen molar-refractivity contribution in [2.45, 2.75) is 25.3 Å². The molecule has 1 aromatic rings. The number of nitrogens with zero attached hydrogens (tertiary/aromatic N) is 2. The van der Waals surface area contributed by atoms with Crippen molar-refractivity contribution in [1.29, 1.82) is 0 Å². The third kappa shape index (κ3) is 2.08. The Kier molecular flexibility index (Phi) is 2.26. The minimum Gasteiger partial charge on any atom is -0.371 e. The third-order valence-corrected chi connectivity index (χ3v) is 2.74. The Labute approximate surface area is 94.4 Å². The zero-order chi connectivity index (χ0) is 12.0. The molecule has 2 saturated heterocycles. The fourth-order valence-corrected chi connectivity index (χ4v) is 1.62. The Morgan fingerprint density at radius 2 is 1.41 bits per heavy atom. The summed E-state index contributed by atoms with van der Waals surface area (Å²) in [6.45, 7) is 1.44. The molecule has 92 valence electrons. The number of hydrogen-bond donors (Lipinski definition) is 1. The van der Waals surface area contributed by atoms with E-state index in [2.05, 4.69) is 4.98 Å². The molecule has 0 aromatic carbocycles. The molecule has 0 spiro atoms. The average molecular weight is 241 g/mol. The van der Waals surface area contributed by atoms with Gasteiger partial charge in [0.15, 0.2) is 0 Å². The SMILES string of the molecule is O=c1[nH]c(=O)n(C[C@@H]2CO2)c(=O)n1C[C@@H]1CO1. The Balaban J connectivity index is 2.03. The highest BCUT2D eigenvalue weighted by atomic mass is 16.6. The summed E-state index contributed by atoms with van der Waals surface area (Å²) in [5.74, 6) is 0. The fraction of sp³-hybridized carbons (Fsp3) is 0.667. The van der Waals surface area contributed by atoms with Gasteiger partial charge in [-0.2, -0.15) is 0 Å². The van der Waals surface area contributed by atoms with Crippen LogP contribution in [0.3, 0.4) is 0 Å². The van der Waals surface area contributed by atoms with Crippen LogP contribution < -0.4 is 17.1 Å². The summed E-state index contributed by atoms with van der Waals surface area (Å²) in [5, 5.41) is 0.